The van der Waals surface area contributed by atoms with Crippen LogP contribution in [0.2, 0.25) is 0 Å². The van der Waals surface area contributed by atoms with Gasteiger partial charge in [-0.15, -0.1) is 0 Å². The number of pyridine rings is 1. The molecule has 1 nitrogen and oxygen atoms in total. The third-order valence-corrected chi connectivity index (χ3v) is 2.29. The van der Waals surface area contributed by atoms with E-state index in [2.05, 4.69) is 25.8 Å². The van der Waals surface area contributed by atoms with Gasteiger partial charge in [-0.1, -0.05) is 20.8 Å². The van der Waals surface area contributed by atoms with Crippen molar-refractivity contribution >= 4 is 0 Å². The topological polar surface area (TPSA) is 12.9 Å². The van der Waals surface area contributed by atoms with Crippen molar-refractivity contribution in [3.8, 4) is 0 Å². The van der Waals surface area contributed by atoms with Crippen LogP contribution in [0.1, 0.15) is 37.6 Å². The molecule has 0 unspecified atom stereocenters. The second-order valence-corrected chi connectivity index (χ2v) is 4.45. The van der Waals surface area contributed by atoms with E-state index in [4.69, 9.17) is 0 Å². The van der Waals surface area contributed by atoms with Gasteiger partial charge in [-0.2, -0.15) is 0 Å². The van der Waals surface area contributed by atoms with Crippen LogP contribution in [0, 0.1) is 19.7 Å². The van der Waals surface area contributed by atoms with Crippen molar-refractivity contribution in [2.24, 2.45) is 0 Å². The highest BCUT2D eigenvalue weighted by molar-refractivity contribution is 5.32. The molecule has 0 aliphatic heterocycles. The average molecular weight is 181 g/mol. The van der Waals surface area contributed by atoms with Crippen molar-refractivity contribution in [2.45, 2.75) is 40.0 Å². The average Bonchev–Trinajstić information content (AvgIpc) is 1.98. The molecule has 0 fully saturated rings. The number of hydrogen-bond acceptors (Lipinski definition) is 1. The van der Waals surface area contributed by atoms with Gasteiger partial charge in [-0.05, 0) is 25.0 Å². The predicted molar refractivity (Wildman–Crippen MR) is 52.4 cm³/mol. The van der Waals surface area contributed by atoms with Crippen molar-refractivity contribution in [2.75, 3.05) is 0 Å². The molecule has 1 heterocycles. The summed E-state index contributed by atoms with van der Waals surface area (Å²) in [5.41, 5.74) is 2.64. The second kappa shape index (κ2) is 3.09. The third-order valence-electron chi connectivity index (χ3n) is 2.29. The van der Waals surface area contributed by atoms with Gasteiger partial charge in [0.25, 0.3) is 0 Å². The normalized spacial score (nSPS) is 11.8. The van der Waals surface area contributed by atoms with Gasteiger partial charge in [-0.25, -0.2) is 4.39 Å². The summed E-state index contributed by atoms with van der Waals surface area (Å²) < 4.78 is 13.1. The van der Waals surface area contributed by atoms with Crippen LogP contribution in [0.25, 0.3) is 0 Å². The highest BCUT2D eigenvalue weighted by Gasteiger charge is 2.19. The monoisotopic (exact) mass is 181 g/mol. The van der Waals surface area contributed by atoms with Gasteiger partial charge < -0.3 is 0 Å². The lowest BCUT2D eigenvalue weighted by molar-refractivity contribution is 0.548. The van der Waals surface area contributed by atoms with Gasteiger partial charge in [0, 0.05) is 11.1 Å². The highest BCUT2D eigenvalue weighted by Crippen LogP contribution is 2.25. The van der Waals surface area contributed by atoms with Crippen LogP contribution >= 0.6 is 0 Å². The molecule has 1 rings (SSSR count). The molecule has 1 aromatic rings. The number of hydrogen-bond donors (Lipinski definition) is 0. The zero-order valence-electron chi connectivity index (χ0n) is 8.90. The van der Waals surface area contributed by atoms with E-state index in [1.807, 2.05) is 6.92 Å². The quantitative estimate of drug-likeness (QED) is 0.599. The van der Waals surface area contributed by atoms with Crippen molar-refractivity contribution in [3.63, 3.8) is 0 Å². The molecule has 2 heteroatoms. The lowest BCUT2D eigenvalue weighted by Gasteiger charge is -2.21. The Hall–Kier alpha value is -0.920. The van der Waals surface area contributed by atoms with Crippen LogP contribution in [0.15, 0.2) is 6.20 Å². The van der Waals surface area contributed by atoms with Crippen LogP contribution in [-0.2, 0) is 5.41 Å². The molecular weight excluding hydrogens is 165 g/mol. The minimum absolute atomic E-state index is 0.0114. The van der Waals surface area contributed by atoms with E-state index in [0.29, 0.717) is 5.56 Å². The molecule has 0 atom stereocenters. The maximum atomic E-state index is 13.1. The van der Waals surface area contributed by atoms with Crippen LogP contribution < -0.4 is 0 Å². The standard InChI is InChI=1S/C11H16FN/c1-7-8(2)10(11(3,4)5)13-6-9(7)12/h6H,1-5H3. The van der Waals surface area contributed by atoms with Gasteiger partial charge in [0.15, 0.2) is 0 Å². The molecule has 0 amide bonds. The Kier molecular flexibility index (Phi) is 2.42. The van der Waals surface area contributed by atoms with Crippen LogP contribution in [0.3, 0.4) is 0 Å². The van der Waals surface area contributed by atoms with Crippen LogP contribution in [0.5, 0.6) is 0 Å². The Morgan fingerprint density at radius 1 is 1.15 bits per heavy atom. The Morgan fingerprint density at radius 3 is 2.15 bits per heavy atom. The summed E-state index contributed by atoms with van der Waals surface area (Å²) in [6.07, 6.45) is 1.31. The molecule has 0 saturated carbocycles. The summed E-state index contributed by atoms with van der Waals surface area (Å²) in [6, 6.07) is 0. The Labute approximate surface area is 79.0 Å². The third kappa shape index (κ3) is 1.87. The molecule has 72 valence electrons. The molecule has 0 radical (unpaired) electrons. The molecule has 0 N–H and O–H groups in total. The van der Waals surface area contributed by atoms with Crippen LogP contribution in [-0.4, -0.2) is 4.98 Å². The maximum absolute atomic E-state index is 13.1. The molecule has 0 bridgehead atoms. The lowest BCUT2D eigenvalue weighted by atomic mass is 9.87. The summed E-state index contributed by atoms with van der Waals surface area (Å²) in [5.74, 6) is -0.217. The van der Waals surface area contributed by atoms with E-state index >= 15 is 0 Å². The van der Waals surface area contributed by atoms with E-state index in [1.165, 1.54) is 6.20 Å². The summed E-state index contributed by atoms with van der Waals surface area (Å²) in [5, 5.41) is 0. The molecular formula is C11H16FN. The molecule has 1 aromatic heterocycles. The number of rotatable bonds is 0. The molecule has 0 aromatic carbocycles. The van der Waals surface area contributed by atoms with E-state index in [-0.39, 0.29) is 11.2 Å². The molecule has 0 aliphatic carbocycles. The smallest absolute Gasteiger partial charge is 0.144 e. The molecule has 0 saturated heterocycles. The first-order chi connectivity index (χ1) is 5.84. The first-order valence-corrected chi connectivity index (χ1v) is 4.46. The number of halogens is 1. The van der Waals surface area contributed by atoms with Gasteiger partial charge in [-0.3, -0.25) is 4.98 Å². The fourth-order valence-electron chi connectivity index (χ4n) is 1.43. The minimum atomic E-state index is -0.217. The maximum Gasteiger partial charge on any atom is 0.144 e. The number of nitrogens with zero attached hydrogens (tertiary/aromatic N) is 1. The zero-order chi connectivity index (χ0) is 10.2. The highest BCUT2D eigenvalue weighted by atomic mass is 19.1. The fraction of sp³-hybridized carbons (Fsp3) is 0.545. The van der Waals surface area contributed by atoms with Crippen LogP contribution in [0.4, 0.5) is 4.39 Å². The van der Waals surface area contributed by atoms with Gasteiger partial charge >= 0.3 is 0 Å². The van der Waals surface area contributed by atoms with E-state index in [1.54, 1.807) is 6.92 Å². The Morgan fingerprint density at radius 2 is 1.69 bits per heavy atom. The van der Waals surface area contributed by atoms with Crippen molar-refractivity contribution < 1.29 is 4.39 Å². The molecule has 13 heavy (non-hydrogen) atoms. The molecule has 0 aliphatic rings. The predicted octanol–water partition coefficient (Wildman–Crippen LogP) is 3.14. The largest absolute Gasteiger partial charge is 0.257 e. The minimum Gasteiger partial charge on any atom is -0.257 e. The van der Waals surface area contributed by atoms with Gasteiger partial charge in [0.1, 0.15) is 5.82 Å². The Bertz CT molecular complexity index is 324. The van der Waals surface area contributed by atoms with Gasteiger partial charge in [0.05, 0.1) is 6.20 Å². The zero-order valence-corrected chi connectivity index (χ0v) is 8.90. The fourth-order valence-corrected chi connectivity index (χ4v) is 1.43. The second-order valence-electron chi connectivity index (χ2n) is 4.45. The molecule has 0 spiro atoms. The van der Waals surface area contributed by atoms with E-state index in [0.717, 1.165) is 11.3 Å². The SMILES string of the molecule is Cc1c(F)cnc(C(C)(C)C)c1C. The van der Waals surface area contributed by atoms with Crippen molar-refractivity contribution in [1.82, 2.24) is 4.98 Å². The number of aromatic nitrogens is 1. The lowest BCUT2D eigenvalue weighted by Crippen LogP contribution is -2.16. The summed E-state index contributed by atoms with van der Waals surface area (Å²) >= 11 is 0. The van der Waals surface area contributed by atoms with E-state index < -0.39 is 0 Å². The summed E-state index contributed by atoms with van der Waals surface area (Å²) in [6.45, 7) is 9.96. The van der Waals surface area contributed by atoms with Crippen molar-refractivity contribution in [1.29, 1.82) is 0 Å². The first kappa shape index (κ1) is 10.2. The van der Waals surface area contributed by atoms with Gasteiger partial charge in [0.2, 0.25) is 0 Å². The summed E-state index contributed by atoms with van der Waals surface area (Å²) in [7, 11) is 0. The first-order valence-electron chi connectivity index (χ1n) is 4.46. The van der Waals surface area contributed by atoms with Crippen molar-refractivity contribution in [3.05, 3.63) is 28.8 Å². The van der Waals surface area contributed by atoms with E-state index in [9.17, 15) is 4.39 Å². The summed E-state index contributed by atoms with van der Waals surface area (Å²) in [4.78, 5) is 4.13. The Balaban J connectivity index is 3.35.